The van der Waals surface area contributed by atoms with E-state index in [0.29, 0.717) is 24.3 Å². The number of aryl methyl sites for hydroxylation is 1. The van der Waals surface area contributed by atoms with Crippen LogP contribution in [0.15, 0.2) is 24.3 Å². The Labute approximate surface area is 118 Å². The van der Waals surface area contributed by atoms with E-state index in [0.717, 1.165) is 12.2 Å². The molecular weight excluding hydrogens is 297 g/mol. The van der Waals surface area contributed by atoms with Crippen LogP contribution in [0.1, 0.15) is 17.5 Å². The van der Waals surface area contributed by atoms with Gasteiger partial charge in [0, 0.05) is 17.5 Å². The van der Waals surface area contributed by atoms with Crippen LogP contribution >= 0.6 is 11.6 Å². The number of rotatable bonds is 6. The SMILES string of the molecule is O=C(O)/C=C/c1cccc(CCCCl)c1OC(F)(F)F. The average molecular weight is 309 g/mol. The Morgan fingerprint density at radius 2 is 2.10 bits per heavy atom. The Kier molecular flexibility index (Phi) is 5.88. The van der Waals surface area contributed by atoms with Crippen molar-refractivity contribution in [1.82, 2.24) is 0 Å². The number of carbonyl (C=O) groups is 1. The highest BCUT2D eigenvalue weighted by Gasteiger charge is 2.32. The lowest BCUT2D eigenvalue weighted by Gasteiger charge is -2.15. The fourth-order valence-electron chi connectivity index (χ4n) is 1.59. The quantitative estimate of drug-likeness (QED) is 0.641. The van der Waals surface area contributed by atoms with E-state index in [1.165, 1.54) is 18.2 Å². The van der Waals surface area contributed by atoms with Crippen molar-refractivity contribution in [2.45, 2.75) is 19.2 Å². The van der Waals surface area contributed by atoms with Crippen LogP contribution in [0.5, 0.6) is 5.75 Å². The van der Waals surface area contributed by atoms with E-state index in [1.807, 2.05) is 0 Å². The lowest BCUT2D eigenvalue weighted by molar-refractivity contribution is -0.275. The van der Waals surface area contributed by atoms with Gasteiger partial charge in [0.25, 0.3) is 0 Å². The molecule has 0 spiro atoms. The predicted molar refractivity (Wildman–Crippen MR) is 68.8 cm³/mol. The van der Waals surface area contributed by atoms with Gasteiger partial charge in [-0.05, 0) is 24.5 Å². The fraction of sp³-hybridized carbons (Fsp3) is 0.308. The molecular formula is C13H12ClF3O3. The molecule has 0 aliphatic heterocycles. The number of carboxylic acid groups (broad SMARTS) is 1. The van der Waals surface area contributed by atoms with Crippen LogP contribution in [-0.4, -0.2) is 23.3 Å². The van der Waals surface area contributed by atoms with Crippen LogP contribution in [0.25, 0.3) is 6.08 Å². The predicted octanol–water partition coefficient (Wildman–Crippen LogP) is 3.85. The molecule has 0 aliphatic rings. The topological polar surface area (TPSA) is 46.5 Å². The fourth-order valence-corrected chi connectivity index (χ4v) is 1.72. The van der Waals surface area contributed by atoms with Gasteiger partial charge >= 0.3 is 12.3 Å². The van der Waals surface area contributed by atoms with Crippen molar-refractivity contribution in [1.29, 1.82) is 0 Å². The van der Waals surface area contributed by atoms with Crippen molar-refractivity contribution in [3.8, 4) is 5.75 Å². The summed E-state index contributed by atoms with van der Waals surface area (Å²) < 4.78 is 41.3. The van der Waals surface area contributed by atoms with Crippen molar-refractivity contribution < 1.29 is 27.8 Å². The third kappa shape index (κ3) is 5.52. The molecule has 0 saturated carbocycles. The summed E-state index contributed by atoms with van der Waals surface area (Å²) in [5, 5.41) is 8.54. The molecule has 1 rings (SSSR count). The monoisotopic (exact) mass is 308 g/mol. The van der Waals surface area contributed by atoms with E-state index in [2.05, 4.69) is 4.74 Å². The summed E-state index contributed by atoms with van der Waals surface area (Å²) in [7, 11) is 0. The molecule has 3 nitrogen and oxygen atoms in total. The van der Waals surface area contributed by atoms with Crippen molar-refractivity contribution in [3.63, 3.8) is 0 Å². The lowest BCUT2D eigenvalue weighted by Crippen LogP contribution is -2.19. The number of benzene rings is 1. The second-order valence-electron chi connectivity index (χ2n) is 3.85. The van der Waals surface area contributed by atoms with E-state index >= 15 is 0 Å². The minimum absolute atomic E-state index is 0.0526. The van der Waals surface area contributed by atoms with E-state index in [4.69, 9.17) is 16.7 Å². The number of ether oxygens (including phenoxy) is 1. The Bertz CT molecular complexity index is 498. The van der Waals surface area contributed by atoms with Gasteiger partial charge in [-0.1, -0.05) is 18.2 Å². The minimum atomic E-state index is -4.84. The highest BCUT2D eigenvalue weighted by Crippen LogP contribution is 2.32. The van der Waals surface area contributed by atoms with Crippen LogP contribution < -0.4 is 4.74 Å². The molecule has 0 heterocycles. The number of carboxylic acids is 1. The first-order valence-corrected chi connectivity index (χ1v) is 6.21. The van der Waals surface area contributed by atoms with Gasteiger partial charge in [-0.2, -0.15) is 0 Å². The number of halogens is 4. The van der Waals surface area contributed by atoms with E-state index in [-0.39, 0.29) is 11.3 Å². The molecule has 0 aliphatic carbocycles. The molecule has 1 aromatic rings. The molecule has 0 aromatic heterocycles. The molecule has 20 heavy (non-hydrogen) atoms. The Balaban J connectivity index is 3.17. The number of aliphatic carboxylic acids is 1. The number of alkyl halides is 4. The van der Waals surface area contributed by atoms with Gasteiger partial charge in [0.15, 0.2) is 0 Å². The van der Waals surface area contributed by atoms with E-state index in [9.17, 15) is 18.0 Å². The van der Waals surface area contributed by atoms with Crippen LogP contribution in [0, 0.1) is 0 Å². The van der Waals surface area contributed by atoms with E-state index < -0.39 is 12.3 Å². The molecule has 1 N–H and O–H groups in total. The maximum absolute atomic E-state index is 12.4. The second-order valence-corrected chi connectivity index (χ2v) is 4.23. The Morgan fingerprint density at radius 1 is 1.40 bits per heavy atom. The van der Waals surface area contributed by atoms with Crippen LogP contribution in [0.4, 0.5) is 13.2 Å². The Morgan fingerprint density at radius 3 is 2.65 bits per heavy atom. The summed E-state index contributed by atoms with van der Waals surface area (Å²) in [6.45, 7) is 0. The molecule has 0 amide bonds. The van der Waals surface area contributed by atoms with Gasteiger partial charge in [-0.15, -0.1) is 24.8 Å². The third-order valence-electron chi connectivity index (χ3n) is 2.33. The van der Waals surface area contributed by atoms with E-state index in [1.54, 1.807) is 0 Å². The maximum atomic E-state index is 12.4. The first-order valence-electron chi connectivity index (χ1n) is 5.68. The first-order chi connectivity index (χ1) is 9.33. The van der Waals surface area contributed by atoms with Crippen LogP contribution in [0.2, 0.25) is 0 Å². The standard InChI is InChI=1S/C13H12ClF3O3/c14-8-2-5-9-3-1-4-10(6-7-11(18)19)12(9)20-13(15,16)17/h1,3-4,6-7H,2,5,8H2,(H,18,19)/b7-6+. The van der Waals surface area contributed by atoms with Crippen molar-refractivity contribution in [2.24, 2.45) is 0 Å². The summed E-state index contributed by atoms with van der Waals surface area (Å²) in [5.74, 6) is -1.34. The normalized spacial score (nSPS) is 11.8. The van der Waals surface area contributed by atoms with Crippen LogP contribution in [0.3, 0.4) is 0 Å². The summed E-state index contributed by atoms with van der Waals surface area (Å²) in [4.78, 5) is 10.5. The number of para-hydroxylation sites is 1. The summed E-state index contributed by atoms with van der Waals surface area (Å²) in [6, 6.07) is 4.38. The number of hydrogen-bond acceptors (Lipinski definition) is 2. The zero-order valence-electron chi connectivity index (χ0n) is 10.3. The highest BCUT2D eigenvalue weighted by molar-refractivity contribution is 6.17. The summed E-state index contributed by atoms with van der Waals surface area (Å²) in [6.07, 6.45) is -2.23. The van der Waals surface area contributed by atoms with Gasteiger partial charge in [0.05, 0.1) is 0 Å². The van der Waals surface area contributed by atoms with Gasteiger partial charge in [-0.25, -0.2) is 4.79 Å². The molecule has 0 atom stereocenters. The first kappa shape index (κ1) is 16.4. The molecule has 0 fully saturated rings. The van der Waals surface area contributed by atoms with Crippen molar-refractivity contribution in [3.05, 3.63) is 35.4 Å². The zero-order chi connectivity index (χ0) is 15.2. The third-order valence-corrected chi connectivity index (χ3v) is 2.60. The molecule has 0 saturated heterocycles. The molecule has 0 unspecified atom stereocenters. The Hall–Kier alpha value is -1.69. The smallest absolute Gasteiger partial charge is 0.478 e. The second kappa shape index (κ2) is 7.19. The summed E-state index contributed by atoms with van der Waals surface area (Å²) >= 11 is 5.52. The molecule has 7 heteroatoms. The van der Waals surface area contributed by atoms with Gasteiger partial charge in [-0.3, -0.25) is 0 Å². The van der Waals surface area contributed by atoms with Crippen LogP contribution in [-0.2, 0) is 11.2 Å². The van der Waals surface area contributed by atoms with Gasteiger partial charge in [0.2, 0.25) is 0 Å². The molecule has 1 aromatic carbocycles. The van der Waals surface area contributed by atoms with Crippen molar-refractivity contribution in [2.75, 3.05) is 5.88 Å². The average Bonchev–Trinajstić information content (AvgIpc) is 2.34. The van der Waals surface area contributed by atoms with Gasteiger partial charge in [0.1, 0.15) is 5.75 Å². The zero-order valence-corrected chi connectivity index (χ0v) is 11.0. The minimum Gasteiger partial charge on any atom is -0.478 e. The molecule has 110 valence electrons. The van der Waals surface area contributed by atoms with Gasteiger partial charge < -0.3 is 9.84 Å². The lowest BCUT2D eigenvalue weighted by atomic mass is 10.0. The largest absolute Gasteiger partial charge is 0.573 e. The maximum Gasteiger partial charge on any atom is 0.573 e. The van der Waals surface area contributed by atoms with Crippen molar-refractivity contribution >= 4 is 23.6 Å². The molecule has 0 radical (unpaired) electrons. The number of hydrogen-bond donors (Lipinski definition) is 1. The summed E-state index contributed by atoms with van der Waals surface area (Å²) in [5.41, 5.74) is 0.382. The molecule has 0 bridgehead atoms. The highest BCUT2D eigenvalue weighted by atomic mass is 35.5.